The number of amides is 1. The van der Waals surface area contributed by atoms with Crippen molar-refractivity contribution in [2.45, 2.75) is 6.54 Å². The van der Waals surface area contributed by atoms with Gasteiger partial charge in [0.15, 0.2) is 0 Å². The highest BCUT2D eigenvalue weighted by Crippen LogP contribution is 2.19. The number of carbonyl (C=O) groups is 1. The molecule has 2 aromatic rings. The van der Waals surface area contributed by atoms with Crippen molar-refractivity contribution < 1.29 is 9.72 Å². The van der Waals surface area contributed by atoms with Gasteiger partial charge >= 0.3 is 0 Å². The van der Waals surface area contributed by atoms with E-state index in [4.69, 9.17) is 0 Å². The number of benzene rings is 1. The zero-order valence-corrected chi connectivity index (χ0v) is 13.2. The van der Waals surface area contributed by atoms with Crippen LogP contribution in [0.5, 0.6) is 0 Å². The first kappa shape index (κ1) is 16.6. The number of nitro benzene ring substituents is 1. The standard InChI is InChI=1S/C17H16N2O3S/c1-2-11-18(13-15-7-5-12-23-15)17(20)10-9-14-6-3-4-8-16(14)19(21)22/h2-10,12H,1,11,13H2/b10-9+. The summed E-state index contributed by atoms with van der Waals surface area (Å²) in [5, 5.41) is 12.9. The molecule has 0 atom stereocenters. The number of thiophene rings is 1. The average molecular weight is 328 g/mol. The summed E-state index contributed by atoms with van der Waals surface area (Å²) in [6, 6.07) is 10.2. The van der Waals surface area contributed by atoms with Crippen LogP contribution in [0.15, 0.2) is 60.5 Å². The molecular formula is C17H16N2O3S. The molecule has 23 heavy (non-hydrogen) atoms. The summed E-state index contributed by atoms with van der Waals surface area (Å²) in [6.07, 6.45) is 4.49. The zero-order chi connectivity index (χ0) is 16.7. The minimum atomic E-state index is -0.461. The minimum absolute atomic E-state index is 0.0231. The molecular weight excluding hydrogens is 312 g/mol. The fourth-order valence-electron chi connectivity index (χ4n) is 2.04. The minimum Gasteiger partial charge on any atom is -0.330 e. The van der Waals surface area contributed by atoms with Crippen molar-refractivity contribution in [3.05, 3.63) is 81.1 Å². The molecule has 5 nitrogen and oxygen atoms in total. The molecule has 0 saturated heterocycles. The average Bonchev–Trinajstić information content (AvgIpc) is 3.05. The van der Waals surface area contributed by atoms with E-state index in [0.717, 1.165) is 4.88 Å². The smallest absolute Gasteiger partial charge is 0.276 e. The summed E-state index contributed by atoms with van der Waals surface area (Å²) in [7, 11) is 0. The van der Waals surface area contributed by atoms with Gasteiger partial charge in [-0.1, -0.05) is 24.3 Å². The predicted molar refractivity (Wildman–Crippen MR) is 92.1 cm³/mol. The van der Waals surface area contributed by atoms with Crippen molar-refractivity contribution in [2.75, 3.05) is 6.54 Å². The van der Waals surface area contributed by atoms with Gasteiger partial charge in [0.25, 0.3) is 5.69 Å². The summed E-state index contributed by atoms with van der Waals surface area (Å²) < 4.78 is 0. The van der Waals surface area contributed by atoms with E-state index in [9.17, 15) is 14.9 Å². The van der Waals surface area contributed by atoms with Gasteiger partial charge in [-0.05, 0) is 23.6 Å². The predicted octanol–water partition coefficient (Wildman–Crippen LogP) is 3.88. The SMILES string of the molecule is C=CCN(Cc1cccs1)C(=O)/C=C/c1ccccc1[N+](=O)[O-]. The fraction of sp³-hybridized carbons (Fsp3) is 0.118. The molecule has 0 saturated carbocycles. The van der Waals surface area contributed by atoms with E-state index in [1.54, 1.807) is 40.5 Å². The van der Waals surface area contributed by atoms with Crippen LogP contribution in [0.4, 0.5) is 5.69 Å². The molecule has 0 unspecified atom stereocenters. The number of carbonyl (C=O) groups excluding carboxylic acids is 1. The molecule has 118 valence electrons. The van der Waals surface area contributed by atoms with Crippen LogP contribution in [0.1, 0.15) is 10.4 Å². The second-order valence-corrected chi connectivity index (χ2v) is 5.77. The Balaban J connectivity index is 2.14. The Morgan fingerprint density at radius 3 is 2.74 bits per heavy atom. The van der Waals surface area contributed by atoms with Crippen LogP contribution < -0.4 is 0 Å². The van der Waals surface area contributed by atoms with Crippen LogP contribution in [0.3, 0.4) is 0 Å². The van der Waals surface area contributed by atoms with Gasteiger partial charge < -0.3 is 4.90 Å². The third-order valence-electron chi connectivity index (χ3n) is 3.13. The molecule has 6 heteroatoms. The van der Waals surface area contributed by atoms with Crippen molar-refractivity contribution >= 4 is 29.0 Å². The highest BCUT2D eigenvalue weighted by molar-refractivity contribution is 7.09. The lowest BCUT2D eigenvalue weighted by Crippen LogP contribution is -2.28. The van der Waals surface area contributed by atoms with Gasteiger partial charge in [0, 0.05) is 23.6 Å². The normalized spacial score (nSPS) is 10.6. The van der Waals surface area contributed by atoms with E-state index in [0.29, 0.717) is 18.7 Å². The van der Waals surface area contributed by atoms with Gasteiger partial charge in [0.2, 0.25) is 5.91 Å². The summed E-state index contributed by atoms with van der Waals surface area (Å²) in [5.41, 5.74) is 0.380. The first-order chi connectivity index (χ1) is 11.1. The molecule has 1 amide bonds. The van der Waals surface area contributed by atoms with E-state index in [1.165, 1.54) is 18.2 Å². The molecule has 0 aliphatic rings. The molecule has 0 bridgehead atoms. The molecule has 0 aliphatic carbocycles. The zero-order valence-electron chi connectivity index (χ0n) is 12.4. The third kappa shape index (κ3) is 4.62. The number of para-hydroxylation sites is 1. The van der Waals surface area contributed by atoms with Crippen molar-refractivity contribution in [1.29, 1.82) is 0 Å². The molecule has 0 N–H and O–H groups in total. The van der Waals surface area contributed by atoms with Gasteiger partial charge in [-0.15, -0.1) is 17.9 Å². The largest absolute Gasteiger partial charge is 0.330 e. The van der Waals surface area contributed by atoms with Crippen molar-refractivity contribution in [1.82, 2.24) is 4.90 Å². The van der Waals surface area contributed by atoms with E-state index in [-0.39, 0.29) is 11.6 Å². The van der Waals surface area contributed by atoms with Crippen LogP contribution in [-0.4, -0.2) is 22.3 Å². The molecule has 2 rings (SSSR count). The van der Waals surface area contributed by atoms with E-state index >= 15 is 0 Å². The highest BCUT2D eigenvalue weighted by atomic mass is 32.1. The maximum Gasteiger partial charge on any atom is 0.276 e. The Morgan fingerprint density at radius 2 is 2.09 bits per heavy atom. The van der Waals surface area contributed by atoms with Crippen LogP contribution in [0, 0.1) is 10.1 Å². The molecule has 0 spiro atoms. The lowest BCUT2D eigenvalue weighted by molar-refractivity contribution is -0.385. The summed E-state index contributed by atoms with van der Waals surface area (Å²) in [4.78, 5) is 25.6. The summed E-state index contributed by atoms with van der Waals surface area (Å²) in [6.45, 7) is 4.57. The second kappa shape index (κ2) is 8.05. The first-order valence-corrected chi connectivity index (χ1v) is 7.83. The number of rotatable bonds is 7. The number of nitrogens with zero attached hydrogens (tertiary/aromatic N) is 2. The molecule has 1 heterocycles. The monoisotopic (exact) mass is 328 g/mol. The van der Waals surface area contributed by atoms with E-state index < -0.39 is 4.92 Å². The van der Waals surface area contributed by atoms with Crippen molar-refractivity contribution in [2.24, 2.45) is 0 Å². The van der Waals surface area contributed by atoms with Gasteiger partial charge in [0.1, 0.15) is 0 Å². The van der Waals surface area contributed by atoms with E-state index in [1.807, 2.05) is 17.5 Å². The molecule has 1 aromatic heterocycles. The summed E-state index contributed by atoms with van der Waals surface area (Å²) >= 11 is 1.57. The fourth-order valence-corrected chi connectivity index (χ4v) is 2.76. The van der Waals surface area contributed by atoms with Gasteiger partial charge in [-0.25, -0.2) is 0 Å². The van der Waals surface area contributed by atoms with E-state index in [2.05, 4.69) is 6.58 Å². The number of nitro groups is 1. The maximum absolute atomic E-state index is 12.3. The van der Waals surface area contributed by atoms with Crippen molar-refractivity contribution in [3.63, 3.8) is 0 Å². The van der Waals surface area contributed by atoms with Gasteiger partial charge in [-0.2, -0.15) is 0 Å². The highest BCUT2D eigenvalue weighted by Gasteiger charge is 2.13. The quantitative estimate of drug-likeness (QED) is 0.335. The topological polar surface area (TPSA) is 63.5 Å². The van der Waals surface area contributed by atoms with Gasteiger partial charge in [-0.3, -0.25) is 14.9 Å². The summed E-state index contributed by atoms with van der Waals surface area (Å²) in [5.74, 6) is -0.212. The Bertz CT molecular complexity index is 723. The molecule has 1 aromatic carbocycles. The molecule has 0 radical (unpaired) electrons. The molecule has 0 aliphatic heterocycles. The Morgan fingerprint density at radius 1 is 1.30 bits per heavy atom. The Kier molecular flexibility index (Phi) is 5.82. The van der Waals surface area contributed by atoms with Gasteiger partial charge in [0.05, 0.1) is 17.0 Å². The van der Waals surface area contributed by atoms with Crippen LogP contribution >= 0.6 is 11.3 Å². The third-order valence-corrected chi connectivity index (χ3v) is 3.99. The van der Waals surface area contributed by atoms with Crippen LogP contribution in [-0.2, 0) is 11.3 Å². The second-order valence-electron chi connectivity index (χ2n) is 4.74. The van der Waals surface area contributed by atoms with Crippen LogP contribution in [0.25, 0.3) is 6.08 Å². The Hall–Kier alpha value is -2.73. The van der Waals surface area contributed by atoms with Crippen LogP contribution in [0.2, 0.25) is 0 Å². The lowest BCUT2D eigenvalue weighted by Gasteiger charge is -2.18. The molecule has 0 fully saturated rings. The number of hydrogen-bond donors (Lipinski definition) is 0. The van der Waals surface area contributed by atoms with Crippen molar-refractivity contribution in [3.8, 4) is 0 Å². The number of hydrogen-bond acceptors (Lipinski definition) is 4. The lowest BCUT2D eigenvalue weighted by atomic mass is 10.1. The maximum atomic E-state index is 12.3. The Labute approximate surface area is 138 Å². The first-order valence-electron chi connectivity index (χ1n) is 6.95.